The number of rotatable bonds is 3. The maximum absolute atomic E-state index is 10.1. The van der Waals surface area contributed by atoms with Crippen LogP contribution in [0.25, 0.3) is 0 Å². The topological polar surface area (TPSA) is 77.4 Å². The summed E-state index contributed by atoms with van der Waals surface area (Å²) in [5.74, 6) is -1.40. The molecule has 1 atom stereocenters. The molecule has 0 saturated heterocycles. The Morgan fingerprint density at radius 1 is 1.62 bits per heavy atom. The van der Waals surface area contributed by atoms with Gasteiger partial charge in [-0.15, -0.1) is 0 Å². The molecule has 4 heteroatoms. The quantitative estimate of drug-likeness (QED) is 0.513. The summed E-state index contributed by atoms with van der Waals surface area (Å²) in [6.07, 6.45) is -1.88. The molecular formula is C4H7O4. The van der Waals surface area contributed by atoms with Crippen molar-refractivity contribution in [2.45, 2.75) is 12.5 Å². The third-order valence-electron chi connectivity index (χ3n) is 0.667. The van der Waals surface area contributed by atoms with E-state index in [1.807, 2.05) is 0 Å². The van der Waals surface area contributed by atoms with Crippen molar-refractivity contribution in [3.63, 3.8) is 0 Å². The van der Waals surface area contributed by atoms with Gasteiger partial charge in [0.05, 0.1) is 0 Å². The first-order valence-electron chi connectivity index (χ1n) is 2.18. The van der Waals surface area contributed by atoms with Gasteiger partial charge in [0.25, 0.3) is 0 Å². The van der Waals surface area contributed by atoms with Crippen LogP contribution in [0.3, 0.4) is 0 Å². The van der Waals surface area contributed by atoms with Crippen molar-refractivity contribution in [1.29, 1.82) is 0 Å². The summed E-state index contributed by atoms with van der Waals surface area (Å²) in [5.41, 5.74) is 0. The number of aliphatic hydroxyl groups excluding tert-OH is 1. The fraction of sp³-hybridized carbons (Fsp3) is 0.750. The molecular weight excluding hydrogens is 112 g/mol. The number of aliphatic hydroxyl groups is 1. The van der Waals surface area contributed by atoms with Crippen LogP contribution in [0.2, 0.25) is 0 Å². The van der Waals surface area contributed by atoms with E-state index in [1.165, 1.54) is 0 Å². The summed E-state index contributed by atoms with van der Waals surface area (Å²) in [4.78, 5) is 9.67. The summed E-state index contributed by atoms with van der Waals surface area (Å²) >= 11 is 0. The molecule has 0 saturated carbocycles. The molecule has 0 aliphatic carbocycles. The molecule has 0 heterocycles. The average molecular weight is 119 g/mol. The van der Waals surface area contributed by atoms with Crippen LogP contribution in [0.5, 0.6) is 0 Å². The van der Waals surface area contributed by atoms with Crippen LogP contribution in [-0.4, -0.2) is 28.9 Å². The highest BCUT2D eigenvalue weighted by Gasteiger charge is 2.12. The maximum Gasteiger partial charge on any atom is 0.336 e. The van der Waals surface area contributed by atoms with E-state index in [9.17, 15) is 9.90 Å². The lowest BCUT2D eigenvalue weighted by Crippen LogP contribution is -2.18. The van der Waals surface area contributed by atoms with Crippen LogP contribution >= 0.6 is 0 Å². The van der Waals surface area contributed by atoms with Gasteiger partial charge >= 0.3 is 5.97 Å². The number of carboxylic acids is 1. The molecule has 0 bridgehead atoms. The van der Waals surface area contributed by atoms with Gasteiger partial charge in [-0.25, -0.2) is 9.90 Å². The Labute approximate surface area is 46.4 Å². The summed E-state index contributed by atoms with van der Waals surface area (Å²) in [6, 6.07) is 0. The van der Waals surface area contributed by atoms with Crippen LogP contribution < -0.4 is 0 Å². The van der Waals surface area contributed by atoms with E-state index in [4.69, 9.17) is 10.2 Å². The van der Waals surface area contributed by atoms with E-state index in [0.29, 0.717) is 0 Å². The first kappa shape index (κ1) is 7.39. The lowest BCUT2D eigenvalue weighted by Gasteiger charge is -1.95. The maximum atomic E-state index is 10.1. The van der Waals surface area contributed by atoms with E-state index in [0.717, 1.165) is 0 Å². The summed E-state index contributed by atoms with van der Waals surface area (Å²) in [7, 11) is 0. The first-order chi connectivity index (χ1) is 3.68. The second-order valence-electron chi connectivity index (χ2n) is 1.34. The van der Waals surface area contributed by atoms with E-state index in [-0.39, 0.29) is 13.0 Å². The zero-order valence-electron chi connectivity index (χ0n) is 4.20. The Balaban J connectivity index is 3.32. The lowest BCUT2D eigenvalue weighted by atomic mass is 10.3. The van der Waals surface area contributed by atoms with Gasteiger partial charge in [0.15, 0.2) is 6.10 Å². The first-order valence-corrected chi connectivity index (χ1v) is 2.18. The Hall–Kier alpha value is -0.610. The molecule has 47 valence electrons. The summed E-state index contributed by atoms with van der Waals surface area (Å²) < 4.78 is 0. The minimum atomic E-state index is -1.67. The molecule has 0 spiro atoms. The number of carbonyl (C=O) groups is 1. The van der Waals surface area contributed by atoms with Gasteiger partial charge in [-0.05, 0) is 0 Å². The molecule has 0 aromatic rings. The smallest absolute Gasteiger partial charge is 0.336 e. The van der Waals surface area contributed by atoms with E-state index < -0.39 is 12.1 Å². The van der Waals surface area contributed by atoms with Crippen molar-refractivity contribution >= 4 is 5.97 Å². The molecule has 4 nitrogen and oxygen atoms in total. The van der Waals surface area contributed by atoms with Gasteiger partial charge in [-0.1, -0.05) is 0 Å². The predicted octanol–water partition coefficient (Wildman–Crippen LogP) is -0.747. The van der Waals surface area contributed by atoms with E-state index >= 15 is 0 Å². The second kappa shape index (κ2) is 3.40. The zero-order chi connectivity index (χ0) is 6.57. The normalized spacial score (nSPS) is 13.2. The summed E-state index contributed by atoms with van der Waals surface area (Å²) in [6.45, 7) is -0.361. The molecule has 1 radical (unpaired) electrons. The van der Waals surface area contributed by atoms with Gasteiger partial charge in [-0.2, -0.15) is 0 Å². The minimum Gasteiger partial charge on any atom is -0.479 e. The van der Waals surface area contributed by atoms with Crippen LogP contribution in [-0.2, 0) is 9.90 Å². The minimum absolute atomic E-state index is 0.213. The fourth-order valence-corrected chi connectivity index (χ4v) is 0.241. The van der Waals surface area contributed by atoms with Crippen molar-refractivity contribution in [2.75, 3.05) is 6.61 Å². The SMILES string of the molecule is [O]C(CCO)C(=O)O. The van der Waals surface area contributed by atoms with Crippen LogP contribution in [0.15, 0.2) is 0 Å². The van der Waals surface area contributed by atoms with Crippen molar-refractivity contribution < 1.29 is 20.1 Å². The average Bonchev–Trinajstić information content (AvgIpc) is 1.67. The largest absolute Gasteiger partial charge is 0.479 e. The molecule has 0 aromatic carbocycles. The highest BCUT2D eigenvalue weighted by atomic mass is 16.4. The molecule has 0 aliphatic rings. The zero-order valence-corrected chi connectivity index (χ0v) is 4.20. The number of hydrogen-bond donors (Lipinski definition) is 2. The van der Waals surface area contributed by atoms with Crippen LogP contribution in [0, 0.1) is 0 Å². The standard InChI is InChI=1S/C4H7O4/c5-2-1-3(6)4(7)8/h3,5H,1-2H2,(H,7,8). The van der Waals surface area contributed by atoms with Crippen LogP contribution in [0.4, 0.5) is 0 Å². The van der Waals surface area contributed by atoms with E-state index in [2.05, 4.69) is 0 Å². The van der Waals surface area contributed by atoms with Crippen molar-refractivity contribution in [3.8, 4) is 0 Å². The Morgan fingerprint density at radius 2 is 2.12 bits per heavy atom. The van der Waals surface area contributed by atoms with Crippen molar-refractivity contribution in [1.82, 2.24) is 0 Å². The molecule has 8 heavy (non-hydrogen) atoms. The number of aliphatic carboxylic acids is 1. The molecule has 1 unspecified atom stereocenters. The predicted molar refractivity (Wildman–Crippen MR) is 23.8 cm³/mol. The van der Waals surface area contributed by atoms with Gasteiger partial charge in [0.1, 0.15) is 0 Å². The molecule has 0 amide bonds. The second-order valence-corrected chi connectivity index (χ2v) is 1.34. The molecule has 2 N–H and O–H groups in total. The monoisotopic (exact) mass is 119 g/mol. The summed E-state index contributed by atoms with van der Waals surface area (Å²) in [5, 5.41) is 26.0. The fourth-order valence-electron chi connectivity index (χ4n) is 0.241. The van der Waals surface area contributed by atoms with Crippen molar-refractivity contribution in [2.24, 2.45) is 0 Å². The molecule has 0 fully saturated rings. The Bertz CT molecular complexity index is 80.1. The van der Waals surface area contributed by atoms with E-state index in [1.54, 1.807) is 0 Å². The Kier molecular flexibility index (Phi) is 3.14. The third kappa shape index (κ3) is 2.54. The van der Waals surface area contributed by atoms with Crippen LogP contribution in [0.1, 0.15) is 6.42 Å². The van der Waals surface area contributed by atoms with Crippen molar-refractivity contribution in [3.05, 3.63) is 0 Å². The highest BCUT2D eigenvalue weighted by molar-refractivity contribution is 5.71. The van der Waals surface area contributed by atoms with Gasteiger partial charge in [0.2, 0.25) is 0 Å². The highest BCUT2D eigenvalue weighted by Crippen LogP contribution is 1.88. The molecule has 0 aliphatic heterocycles. The van der Waals surface area contributed by atoms with Gasteiger partial charge < -0.3 is 10.2 Å². The van der Waals surface area contributed by atoms with Gasteiger partial charge in [-0.3, -0.25) is 0 Å². The molecule has 0 aromatic heterocycles. The van der Waals surface area contributed by atoms with Gasteiger partial charge in [0, 0.05) is 13.0 Å². The third-order valence-corrected chi connectivity index (χ3v) is 0.667. The number of hydrogen-bond acceptors (Lipinski definition) is 2. The number of carboxylic acid groups (broad SMARTS) is 1. The lowest BCUT2D eigenvalue weighted by molar-refractivity contribution is -0.151. The molecule has 0 rings (SSSR count). The Morgan fingerprint density at radius 3 is 2.25 bits per heavy atom.